The molecule has 0 aromatic heterocycles. The molecule has 2 nitrogen and oxygen atoms in total. The van der Waals surface area contributed by atoms with Gasteiger partial charge in [-0.1, -0.05) is 0 Å². The third-order valence-electron chi connectivity index (χ3n) is 1.96. The molecule has 0 atom stereocenters. The predicted molar refractivity (Wildman–Crippen MR) is 59.2 cm³/mol. The molecule has 1 aliphatic rings. The number of esters is 1. The van der Waals surface area contributed by atoms with Crippen LogP contribution in [0.3, 0.4) is 0 Å². The Morgan fingerprint density at radius 1 is 1.29 bits per heavy atom. The van der Waals surface area contributed by atoms with E-state index >= 15 is 0 Å². The zero-order valence-electron chi connectivity index (χ0n) is 7.78. The minimum atomic E-state index is -0.260. The van der Waals surface area contributed by atoms with Crippen LogP contribution in [-0.2, 0) is 4.74 Å². The molecule has 74 valence electrons. The first-order valence-electron chi connectivity index (χ1n) is 4.29. The van der Waals surface area contributed by atoms with Gasteiger partial charge in [0, 0.05) is 21.3 Å². The van der Waals surface area contributed by atoms with Crippen LogP contribution in [-0.4, -0.2) is 24.6 Å². The highest BCUT2D eigenvalue weighted by molar-refractivity contribution is 8.05. The van der Waals surface area contributed by atoms with Gasteiger partial charge in [0.15, 0.2) is 0 Å². The number of carbonyl (C=O) groups excluding carboxylic acids is 1. The Bertz CT molecular complexity index is 363. The average Bonchev–Trinajstić information content (AvgIpc) is 2.27. The Morgan fingerprint density at radius 2 is 2.00 bits per heavy atom. The standard InChI is InChI=1S/C10H10O2S2/c1-12-10(11)7-2-3-8-9(6-7)14-5-4-13-8/h2-3,6H,4-5H2,1H3. The van der Waals surface area contributed by atoms with Gasteiger partial charge in [-0.3, -0.25) is 0 Å². The van der Waals surface area contributed by atoms with Crippen molar-refractivity contribution in [3.05, 3.63) is 23.8 Å². The summed E-state index contributed by atoms with van der Waals surface area (Å²) >= 11 is 3.65. The van der Waals surface area contributed by atoms with Crippen LogP contribution in [0.2, 0.25) is 0 Å². The van der Waals surface area contributed by atoms with Gasteiger partial charge in [-0.25, -0.2) is 4.79 Å². The van der Waals surface area contributed by atoms with Crippen molar-refractivity contribution in [3.63, 3.8) is 0 Å². The zero-order valence-corrected chi connectivity index (χ0v) is 9.41. The Labute approximate surface area is 91.4 Å². The molecular formula is C10H10O2S2. The summed E-state index contributed by atoms with van der Waals surface area (Å²) in [7, 11) is 1.41. The van der Waals surface area contributed by atoms with E-state index in [0.717, 1.165) is 11.5 Å². The summed E-state index contributed by atoms with van der Waals surface area (Å²) in [6.07, 6.45) is 0. The van der Waals surface area contributed by atoms with E-state index in [-0.39, 0.29) is 5.97 Å². The molecule has 1 aromatic carbocycles. The third kappa shape index (κ3) is 1.91. The Hall–Kier alpha value is -0.610. The Balaban J connectivity index is 2.33. The van der Waals surface area contributed by atoms with Gasteiger partial charge >= 0.3 is 5.97 Å². The van der Waals surface area contributed by atoms with Crippen LogP contribution in [0.4, 0.5) is 0 Å². The van der Waals surface area contributed by atoms with Gasteiger partial charge in [0.05, 0.1) is 12.7 Å². The van der Waals surface area contributed by atoms with E-state index in [1.165, 1.54) is 16.9 Å². The number of rotatable bonds is 1. The molecule has 4 heteroatoms. The second-order valence-electron chi connectivity index (χ2n) is 2.85. The van der Waals surface area contributed by atoms with Crippen LogP contribution in [0.25, 0.3) is 0 Å². The fourth-order valence-corrected chi connectivity index (χ4v) is 3.53. The molecule has 0 bridgehead atoms. The Morgan fingerprint density at radius 3 is 2.71 bits per heavy atom. The lowest BCUT2D eigenvalue weighted by Gasteiger charge is -2.14. The van der Waals surface area contributed by atoms with Crippen molar-refractivity contribution >= 4 is 29.5 Å². The number of hydrogen-bond donors (Lipinski definition) is 0. The van der Waals surface area contributed by atoms with Crippen molar-refractivity contribution in [3.8, 4) is 0 Å². The van der Waals surface area contributed by atoms with E-state index < -0.39 is 0 Å². The van der Waals surface area contributed by atoms with Gasteiger partial charge < -0.3 is 4.74 Å². The molecule has 0 saturated carbocycles. The van der Waals surface area contributed by atoms with Crippen LogP contribution in [0.15, 0.2) is 28.0 Å². The van der Waals surface area contributed by atoms with Gasteiger partial charge in [-0.15, -0.1) is 23.5 Å². The summed E-state index contributed by atoms with van der Waals surface area (Å²) < 4.78 is 4.67. The fourth-order valence-electron chi connectivity index (χ4n) is 1.29. The molecular weight excluding hydrogens is 216 g/mol. The number of ether oxygens (including phenoxy) is 1. The van der Waals surface area contributed by atoms with E-state index in [2.05, 4.69) is 4.74 Å². The lowest BCUT2D eigenvalue weighted by atomic mass is 10.2. The van der Waals surface area contributed by atoms with Crippen molar-refractivity contribution in [1.82, 2.24) is 0 Å². The fraction of sp³-hybridized carbons (Fsp3) is 0.300. The van der Waals surface area contributed by atoms with Crippen LogP contribution in [0, 0.1) is 0 Å². The van der Waals surface area contributed by atoms with Crippen molar-refractivity contribution in [1.29, 1.82) is 0 Å². The van der Waals surface area contributed by atoms with Gasteiger partial charge in [0.25, 0.3) is 0 Å². The first-order valence-corrected chi connectivity index (χ1v) is 6.26. The third-order valence-corrected chi connectivity index (χ3v) is 4.48. The number of benzene rings is 1. The second kappa shape index (κ2) is 4.28. The lowest BCUT2D eigenvalue weighted by Crippen LogP contribution is -2.02. The van der Waals surface area contributed by atoms with Gasteiger partial charge in [0.1, 0.15) is 0 Å². The smallest absolute Gasteiger partial charge is 0.337 e. The second-order valence-corrected chi connectivity index (χ2v) is 5.12. The normalized spacial score (nSPS) is 14.6. The summed E-state index contributed by atoms with van der Waals surface area (Å²) in [5.74, 6) is 2.00. The van der Waals surface area contributed by atoms with E-state index in [9.17, 15) is 4.79 Å². The maximum Gasteiger partial charge on any atom is 0.337 e. The van der Waals surface area contributed by atoms with Crippen molar-refractivity contribution in [2.75, 3.05) is 18.6 Å². The van der Waals surface area contributed by atoms with Gasteiger partial charge in [-0.2, -0.15) is 0 Å². The van der Waals surface area contributed by atoms with E-state index in [4.69, 9.17) is 0 Å². The molecule has 0 saturated heterocycles. The zero-order chi connectivity index (χ0) is 9.97. The molecule has 2 rings (SSSR count). The van der Waals surface area contributed by atoms with Crippen LogP contribution >= 0.6 is 23.5 Å². The number of fused-ring (bicyclic) bond motifs is 1. The summed E-state index contributed by atoms with van der Waals surface area (Å²) in [5, 5.41) is 0. The lowest BCUT2D eigenvalue weighted by molar-refractivity contribution is 0.0600. The maximum absolute atomic E-state index is 11.3. The largest absolute Gasteiger partial charge is 0.465 e. The SMILES string of the molecule is COC(=O)c1ccc2c(c1)SCCS2. The number of thioether (sulfide) groups is 2. The number of carbonyl (C=O) groups is 1. The number of hydrogen-bond acceptors (Lipinski definition) is 4. The molecule has 0 unspecified atom stereocenters. The van der Waals surface area contributed by atoms with E-state index in [1.54, 1.807) is 11.8 Å². The molecule has 14 heavy (non-hydrogen) atoms. The van der Waals surface area contributed by atoms with Crippen LogP contribution < -0.4 is 0 Å². The number of methoxy groups -OCH3 is 1. The molecule has 0 fully saturated rings. The van der Waals surface area contributed by atoms with E-state index in [0.29, 0.717) is 5.56 Å². The summed E-state index contributed by atoms with van der Waals surface area (Å²) in [6, 6.07) is 5.74. The summed E-state index contributed by atoms with van der Waals surface area (Å²) in [5.41, 5.74) is 0.640. The Kier molecular flexibility index (Phi) is 3.03. The molecule has 0 amide bonds. The van der Waals surface area contributed by atoms with Crippen molar-refractivity contribution in [2.45, 2.75) is 9.79 Å². The molecule has 1 aromatic rings. The van der Waals surface area contributed by atoms with Gasteiger partial charge in [0.2, 0.25) is 0 Å². The van der Waals surface area contributed by atoms with Crippen molar-refractivity contribution < 1.29 is 9.53 Å². The maximum atomic E-state index is 11.3. The molecule has 1 heterocycles. The monoisotopic (exact) mass is 226 g/mol. The van der Waals surface area contributed by atoms with Crippen LogP contribution in [0.1, 0.15) is 10.4 Å². The minimum Gasteiger partial charge on any atom is -0.465 e. The topological polar surface area (TPSA) is 26.3 Å². The molecule has 1 aliphatic heterocycles. The molecule has 0 radical (unpaired) electrons. The quantitative estimate of drug-likeness (QED) is 0.688. The summed E-state index contributed by atoms with van der Waals surface area (Å²) in [6.45, 7) is 0. The highest BCUT2D eigenvalue weighted by Crippen LogP contribution is 2.36. The molecule has 0 N–H and O–H groups in total. The molecule has 0 aliphatic carbocycles. The molecule has 0 spiro atoms. The summed E-state index contributed by atoms with van der Waals surface area (Å²) in [4.78, 5) is 13.7. The highest BCUT2D eigenvalue weighted by Gasteiger charge is 2.13. The minimum absolute atomic E-state index is 0.260. The average molecular weight is 226 g/mol. The first-order chi connectivity index (χ1) is 6.81. The predicted octanol–water partition coefficient (Wildman–Crippen LogP) is 2.67. The van der Waals surface area contributed by atoms with Crippen LogP contribution in [0.5, 0.6) is 0 Å². The van der Waals surface area contributed by atoms with Gasteiger partial charge in [-0.05, 0) is 18.2 Å². The van der Waals surface area contributed by atoms with E-state index in [1.807, 2.05) is 30.0 Å². The highest BCUT2D eigenvalue weighted by atomic mass is 32.2. The van der Waals surface area contributed by atoms with Crippen molar-refractivity contribution in [2.24, 2.45) is 0 Å². The first kappa shape index (κ1) is 9.93.